The summed E-state index contributed by atoms with van der Waals surface area (Å²) in [5.41, 5.74) is 5.31. The molecule has 0 aliphatic heterocycles. The van der Waals surface area contributed by atoms with Gasteiger partial charge in [0.15, 0.2) is 0 Å². The Bertz CT molecular complexity index is 207. The quantitative estimate of drug-likeness (QED) is 0.628. The molecule has 0 heterocycles. The third-order valence-corrected chi connectivity index (χ3v) is 2.39. The van der Waals surface area contributed by atoms with Crippen molar-refractivity contribution in [2.45, 2.75) is 58.4 Å². The van der Waals surface area contributed by atoms with E-state index in [1.54, 1.807) is 0 Å². The van der Waals surface area contributed by atoms with Crippen LogP contribution in [0.15, 0.2) is 0 Å². The maximum Gasteiger partial charge on any atom is 0.227 e. The molecule has 0 aliphatic rings. The molecule has 4 heteroatoms. The highest BCUT2D eigenvalue weighted by Crippen LogP contribution is 2.06. The molecule has 1 amide bonds. The van der Waals surface area contributed by atoms with E-state index in [1.165, 1.54) is 0 Å². The maximum absolute atomic E-state index is 11.4. The summed E-state index contributed by atoms with van der Waals surface area (Å²) in [6.45, 7) is 4.28. The number of rotatable bonds is 8. The summed E-state index contributed by atoms with van der Waals surface area (Å²) in [5, 5.41) is 2.98. The second-order valence-corrected chi connectivity index (χ2v) is 4.36. The third kappa shape index (κ3) is 8.36. The van der Waals surface area contributed by atoms with Crippen LogP contribution < -0.4 is 11.1 Å². The normalized spacial score (nSPS) is 12.1. The zero-order chi connectivity index (χ0) is 11.7. The van der Waals surface area contributed by atoms with Crippen LogP contribution in [0, 0.1) is 0 Å². The van der Waals surface area contributed by atoms with Crippen LogP contribution in [0.4, 0.5) is 0 Å². The highest BCUT2D eigenvalue weighted by Gasteiger charge is 2.11. The van der Waals surface area contributed by atoms with Gasteiger partial charge in [0.2, 0.25) is 5.91 Å². The van der Waals surface area contributed by atoms with E-state index in [-0.39, 0.29) is 23.4 Å². The second-order valence-electron chi connectivity index (χ2n) is 3.84. The van der Waals surface area contributed by atoms with Crippen molar-refractivity contribution in [3.8, 4) is 0 Å². The molecule has 3 N–H and O–H groups in total. The molecule has 1 unspecified atom stereocenters. The Morgan fingerprint density at radius 3 is 2.47 bits per heavy atom. The number of carbonyl (C=O) groups is 1. The second kappa shape index (κ2) is 8.65. The van der Waals surface area contributed by atoms with E-state index in [0.717, 1.165) is 32.1 Å². The van der Waals surface area contributed by atoms with E-state index in [2.05, 4.69) is 19.2 Å². The van der Waals surface area contributed by atoms with Crippen molar-refractivity contribution in [3.63, 3.8) is 0 Å². The summed E-state index contributed by atoms with van der Waals surface area (Å²) in [4.78, 5) is 11.7. The lowest BCUT2D eigenvalue weighted by molar-refractivity contribution is -0.120. The molecule has 0 saturated carbocycles. The fourth-order valence-electron chi connectivity index (χ4n) is 1.52. The monoisotopic (exact) mass is 230 g/mol. The van der Waals surface area contributed by atoms with Gasteiger partial charge in [0.05, 0.1) is 11.4 Å². The fraction of sp³-hybridized carbons (Fsp3) is 0.818. The minimum Gasteiger partial charge on any atom is -0.393 e. The van der Waals surface area contributed by atoms with Gasteiger partial charge in [0.1, 0.15) is 0 Å². The first-order chi connectivity index (χ1) is 7.10. The zero-order valence-electron chi connectivity index (χ0n) is 9.71. The number of carbonyl (C=O) groups excluding carboxylic acids is 1. The Morgan fingerprint density at radius 1 is 1.33 bits per heavy atom. The summed E-state index contributed by atoms with van der Waals surface area (Å²) in [6, 6.07) is 0.289. The molecule has 0 aromatic rings. The SMILES string of the molecule is CCCCC(CCC)NC(=O)CC(N)=S. The minimum absolute atomic E-state index is 0.0444. The van der Waals surface area contributed by atoms with Gasteiger partial charge in [-0.2, -0.15) is 0 Å². The van der Waals surface area contributed by atoms with Gasteiger partial charge in [0, 0.05) is 6.04 Å². The van der Waals surface area contributed by atoms with Crippen molar-refractivity contribution in [3.05, 3.63) is 0 Å². The molecular formula is C11H22N2OS. The number of amides is 1. The van der Waals surface area contributed by atoms with E-state index >= 15 is 0 Å². The predicted octanol–water partition coefficient (Wildman–Crippen LogP) is 2.14. The van der Waals surface area contributed by atoms with Crippen molar-refractivity contribution < 1.29 is 4.79 Å². The lowest BCUT2D eigenvalue weighted by Gasteiger charge is -2.17. The zero-order valence-corrected chi connectivity index (χ0v) is 10.5. The predicted molar refractivity (Wildman–Crippen MR) is 67.8 cm³/mol. The number of unbranched alkanes of at least 4 members (excludes halogenated alkanes) is 1. The molecule has 0 saturated heterocycles. The first-order valence-electron chi connectivity index (χ1n) is 5.67. The molecule has 0 aromatic heterocycles. The number of hydrogen-bond acceptors (Lipinski definition) is 2. The summed E-state index contributed by atoms with van der Waals surface area (Å²) >= 11 is 4.69. The molecule has 0 spiro atoms. The summed E-state index contributed by atoms with van der Waals surface area (Å²) in [6.07, 6.45) is 5.64. The third-order valence-electron chi connectivity index (χ3n) is 2.24. The molecule has 0 fully saturated rings. The average molecular weight is 230 g/mol. The Kier molecular flexibility index (Phi) is 8.28. The molecule has 15 heavy (non-hydrogen) atoms. The first-order valence-corrected chi connectivity index (χ1v) is 6.08. The van der Waals surface area contributed by atoms with Crippen LogP contribution in [0.2, 0.25) is 0 Å². The number of nitrogens with one attached hydrogen (secondary N) is 1. The van der Waals surface area contributed by atoms with Crippen molar-refractivity contribution in [2.24, 2.45) is 5.73 Å². The lowest BCUT2D eigenvalue weighted by atomic mass is 10.1. The van der Waals surface area contributed by atoms with Gasteiger partial charge in [-0.05, 0) is 12.8 Å². The molecule has 88 valence electrons. The largest absolute Gasteiger partial charge is 0.393 e. The van der Waals surface area contributed by atoms with Gasteiger partial charge in [-0.1, -0.05) is 45.3 Å². The lowest BCUT2D eigenvalue weighted by Crippen LogP contribution is -2.36. The molecule has 0 aliphatic carbocycles. The Balaban J connectivity index is 3.91. The number of nitrogens with two attached hydrogens (primary N) is 1. The molecule has 0 aromatic carbocycles. The van der Waals surface area contributed by atoms with E-state index < -0.39 is 0 Å². The summed E-state index contributed by atoms with van der Waals surface area (Å²) < 4.78 is 0. The van der Waals surface area contributed by atoms with E-state index in [4.69, 9.17) is 18.0 Å². The molecule has 0 bridgehead atoms. The van der Waals surface area contributed by atoms with Crippen LogP contribution in [0.25, 0.3) is 0 Å². The number of thiocarbonyl (C=S) groups is 1. The van der Waals surface area contributed by atoms with Gasteiger partial charge >= 0.3 is 0 Å². The van der Waals surface area contributed by atoms with Crippen molar-refractivity contribution in [1.82, 2.24) is 5.32 Å². The van der Waals surface area contributed by atoms with Crippen LogP contribution in [0.3, 0.4) is 0 Å². The molecule has 3 nitrogen and oxygen atoms in total. The smallest absolute Gasteiger partial charge is 0.227 e. The minimum atomic E-state index is -0.0444. The van der Waals surface area contributed by atoms with Crippen molar-refractivity contribution in [2.75, 3.05) is 0 Å². The molecule has 0 rings (SSSR count). The van der Waals surface area contributed by atoms with Crippen LogP contribution >= 0.6 is 12.2 Å². The van der Waals surface area contributed by atoms with Crippen molar-refractivity contribution >= 4 is 23.1 Å². The van der Waals surface area contributed by atoms with Crippen LogP contribution in [-0.4, -0.2) is 16.9 Å². The highest BCUT2D eigenvalue weighted by atomic mass is 32.1. The van der Waals surface area contributed by atoms with Gasteiger partial charge < -0.3 is 11.1 Å². The Morgan fingerprint density at radius 2 is 2.00 bits per heavy atom. The standard InChI is InChI=1S/C11H22N2OS/c1-3-5-7-9(6-4-2)13-11(14)8-10(12)15/h9H,3-8H2,1-2H3,(H2,12,15)(H,13,14). The van der Waals surface area contributed by atoms with Crippen molar-refractivity contribution in [1.29, 1.82) is 0 Å². The van der Waals surface area contributed by atoms with Crippen LogP contribution in [0.1, 0.15) is 52.4 Å². The van der Waals surface area contributed by atoms with Gasteiger partial charge in [0.25, 0.3) is 0 Å². The first kappa shape index (κ1) is 14.4. The Labute approximate surface area is 97.8 Å². The van der Waals surface area contributed by atoms with Gasteiger partial charge in [-0.25, -0.2) is 0 Å². The average Bonchev–Trinajstić information content (AvgIpc) is 2.13. The van der Waals surface area contributed by atoms with E-state index in [0.29, 0.717) is 0 Å². The fourth-order valence-corrected chi connectivity index (χ4v) is 1.66. The maximum atomic E-state index is 11.4. The molecular weight excluding hydrogens is 208 g/mol. The van der Waals surface area contributed by atoms with E-state index in [9.17, 15) is 4.79 Å². The molecule has 1 atom stereocenters. The van der Waals surface area contributed by atoms with E-state index in [1.807, 2.05) is 0 Å². The number of hydrogen-bond donors (Lipinski definition) is 2. The van der Waals surface area contributed by atoms with Crippen LogP contribution in [0.5, 0.6) is 0 Å². The summed E-state index contributed by atoms with van der Waals surface area (Å²) in [5.74, 6) is -0.0444. The Hall–Kier alpha value is -0.640. The van der Waals surface area contributed by atoms with Crippen LogP contribution in [-0.2, 0) is 4.79 Å². The van der Waals surface area contributed by atoms with Gasteiger partial charge in [-0.15, -0.1) is 0 Å². The van der Waals surface area contributed by atoms with Gasteiger partial charge in [-0.3, -0.25) is 4.79 Å². The molecule has 0 radical (unpaired) electrons. The topological polar surface area (TPSA) is 55.1 Å². The highest BCUT2D eigenvalue weighted by molar-refractivity contribution is 7.80. The summed E-state index contributed by atoms with van der Waals surface area (Å²) in [7, 11) is 0.